The molecule has 2 aliphatic carbocycles. The maximum atomic E-state index is 13.6. The molecule has 0 aliphatic heterocycles. The number of hydrogen-bond donors (Lipinski definition) is 5. The van der Waals surface area contributed by atoms with Gasteiger partial charge in [-0.15, -0.1) is 0 Å². The van der Waals surface area contributed by atoms with Crippen molar-refractivity contribution < 1.29 is 38.5 Å². The van der Waals surface area contributed by atoms with Crippen LogP contribution in [0.2, 0.25) is 0 Å². The van der Waals surface area contributed by atoms with E-state index in [9.17, 15) is 24.3 Å². The Hall–Kier alpha value is -9.46. The molecule has 1 unspecified atom stereocenters. The van der Waals surface area contributed by atoms with Crippen molar-refractivity contribution in [2.75, 3.05) is 25.7 Å². The van der Waals surface area contributed by atoms with E-state index in [-0.39, 0.29) is 49.4 Å². The topological polar surface area (TPSA) is 279 Å². The summed E-state index contributed by atoms with van der Waals surface area (Å²) < 4.78 is 20.2. The van der Waals surface area contributed by atoms with Gasteiger partial charge < -0.3 is 41.4 Å². The molecule has 374 valence electrons. The van der Waals surface area contributed by atoms with E-state index in [0.29, 0.717) is 61.6 Å². The molecule has 8 aromatic rings. The molecule has 0 saturated heterocycles. The van der Waals surface area contributed by atoms with Gasteiger partial charge in [0.25, 0.3) is 11.8 Å². The van der Waals surface area contributed by atoms with Crippen molar-refractivity contribution in [3.05, 3.63) is 156 Å². The average Bonchev–Trinajstić information content (AvgIpc) is 4.24. The van der Waals surface area contributed by atoms with Gasteiger partial charge in [-0.25, -0.2) is 29.3 Å². The van der Waals surface area contributed by atoms with Gasteiger partial charge in [0.05, 0.1) is 48.2 Å². The summed E-state index contributed by atoms with van der Waals surface area (Å²) in [5.41, 5.74) is 17.2. The number of carboxylic acids is 1. The number of nitrogens with one attached hydrogen (secondary N) is 2. The van der Waals surface area contributed by atoms with Crippen LogP contribution in [0.5, 0.6) is 11.5 Å². The van der Waals surface area contributed by atoms with Crippen LogP contribution in [0.25, 0.3) is 44.6 Å². The van der Waals surface area contributed by atoms with Crippen molar-refractivity contribution in [3.63, 3.8) is 0 Å². The number of hydrogen-bond acceptors (Lipinski definition) is 15. The number of amides is 2. The van der Waals surface area contributed by atoms with Crippen molar-refractivity contribution in [2.45, 2.75) is 50.5 Å². The standard InChI is InChI=1S/C54H50N12O8/c1-30(67)74-54(23-22-37(25-54)66-50-43(48(56)60-29-62-50)46(64-66)34-18-14-32(15-19-34)27-58-52(69)39-9-5-7-11-41(39)73-3)44(53(70)71)35-20-21-36(24-35)65-49-42(47(55)59-28-61-49)45(63-65)33-16-12-31(13-17-33)26-57-51(68)38-8-4-6-10-40(38)72-2/h4-23,28-29,35-37,44H,24-27H2,1-3H3,(H,57,68)(H,58,69)(H,70,71)(H2,55,59,61)(H2,56,60,62)/t35-,36-,37-,44?,54-/m0/s1. The quantitative estimate of drug-likeness (QED) is 0.0500. The Labute approximate surface area is 423 Å². The molecule has 0 bridgehead atoms. The zero-order valence-electron chi connectivity index (χ0n) is 40.4. The second-order valence-corrected chi connectivity index (χ2v) is 18.0. The number of fused-ring (bicyclic) bond motifs is 2. The van der Waals surface area contributed by atoms with Crippen molar-refractivity contribution in [3.8, 4) is 34.0 Å². The van der Waals surface area contributed by atoms with E-state index >= 15 is 0 Å². The lowest BCUT2D eigenvalue weighted by molar-refractivity contribution is -0.168. The third kappa shape index (κ3) is 9.08. The van der Waals surface area contributed by atoms with Crippen molar-refractivity contribution in [1.29, 1.82) is 0 Å². The van der Waals surface area contributed by atoms with Crippen LogP contribution in [0.4, 0.5) is 11.6 Å². The molecule has 74 heavy (non-hydrogen) atoms. The van der Waals surface area contributed by atoms with Crippen LogP contribution in [-0.4, -0.2) is 88.2 Å². The Morgan fingerprint density at radius 2 is 1.16 bits per heavy atom. The number of aliphatic carboxylic acids is 1. The summed E-state index contributed by atoms with van der Waals surface area (Å²) in [5.74, 6) is -2.92. The summed E-state index contributed by atoms with van der Waals surface area (Å²) >= 11 is 0. The van der Waals surface area contributed by atoms with Crippen LogP contribution in [0, 0.1) is 11.8 Å². The number of nitrogens with two attached hydrogens (primary N) is 2. The number of benzene rings is 4. The van der Waals surface area contributed by atoms with Gasteiger partial charge >= 0.3 is 11.9 Å². The molecule has 7 N–H and O–H groups in total. The number of ether oxygens (including phenoxy) is 3. The number of carbonyl (C=O) groups is 4. The van der Waals surface area contributed by atoms with Crippen LogP contribution in [0.3, 0.4) is 0 Å². The second kappa shape index (κ2) is 20.0. The highest BCUT2D eigenvalue weighted by atomic mass is 16.6. The highest BCUT2D eigenvalue weighted by molar-refractivity contribution is 6.00. The molecular weight excluding hydrogens is 945 g/mol. The van der Waals surface area contributed by atoms with Gasteiger partial charge in [0.15, 0.2) is 11.3 Å². The van der Waals surface area contributed by atoms with Gasteiger partial charge in [-0.3, -0.25) is 19.2 Å². The molecule has 4 heterocycles. The van der Waals surface area contributed by atoms with Gasteiger partial charge in [0, 0.05) is 37.6 Å². The fraction of sp³-hybridized carbons (Fsp3) is 0.222. The van der Waals surface area contributed by atoms with E-state index in [2.05, 4.69) is 30.6 Å². The monoisotopic (exact) mass is 994 g/mol. The zero-order chi connectivity index (χ0) is 51.7. The van der Waals surface area contributed by atoms with Gasteiger partial charge in [-0.1, -0.05) is 91.0 Å². The van der Waals surface area contributed by atoms with E-state index in [1.807, 2.05) is 60.7 Å². The third-order valence-electron chi connectivity index (χ3n) is 13.5. The molecule has 10 rings (SSSR count). The van der Waals surface area contributed by atoms with Gasteiger partial charge in [-0.05, 0) is 53.8 Å². The maximum absolute atomic E-state index is 13.6. The summed E-state index contributed by atoms with van der Waals surface area (Å²) in [6, 6.07) is 27.8. The molecule has 2 aliphatic rings. The van der Waals surface area contributed by atoms with Crippen LogP contribution in [0.1, 0.15) is 63.7 Å². The number of carbonyl (C=O) groups excluding carboxylic acids is 3. The van der Waals surface area contributed by atoms with Crippen LogP contribution >= 0.6 is 0 Å². The summed E-state index contributed by atoms with van der Waals surface area (Å²) in [6.07, 6.45) is 10.1. The lowest BCUT2D eigenvalue weighted by Gasteiger charge is -2.36. The third-order valence-corrected chi connectivity index (χ3v) is 13.5. The normalized spacial score (nSPS) is 18.3. The van der Waals surface area contributed by atoms with Crippen LogP contribution < -0.4 is 31.6 Å². The first-order valence-corrected chi connectivity index (χ1v) is 23.6. The Morgan fingerprint density at radius 3 is 1.64 bits per heavy atom. The van der Waals surface area contributed by atoms with E-state index in [4.69, 9.17) is 35.9 Å². The first-order chi connectivity index (χ1) is 35.9. The fourth-order valence-corrected chi connectivity index (χ4v) is 10.1. The molecule has 0 radical (unpaired) electrons. The molecule has 2 amide bonds. The number of nitrogen functional groups attached to an aromatic ring is 2. The first kappa shape index (κ1) is 48.2. The van der Waals surface area contributed by atoms with E-state index in [0.717, 1.165) is 16.7 Å². The maximum Gasteiger partial charge on any atom is 0.311 e. The summed E-state index contributed by atoms with van der Waals surface area (Å²) in [7, 11) is 3.03. The van der Waals surface area contributed by atoms with Crippen LogP contribution in [-0.2, 0) is 27.4 Å². The predicted molar refractivity (Wildman–Crippen MR) is 273 cm³/mol. The lowest BCUT2D eigenvalue weighted by Crippen LogP contribution is -2.47. The van der Waals surface area contributed by atoms with E-state index in [1.54, 1.807) is 70.0 Å². The van der Waals surface area contributed by atoms with Gasteiger partial charge in [-0.2, -0.15) is 10.2 Å². The highest BCUT2D eigenvalue weighted by Crippen LogP contribution is 2.48. The largest absolute Gasteiger partial charge is 0.496 e. The number of rotatable bonds is 16. The Morgan fingerprint density at radius 1 is 0.676 bits per heavy atom. The smallest absolute Gasteiger partial charge is 0.311 e. The number of aromatic nitrogens is 8. The molecular formula is C54H50N12O8. The number of allylic oxidation sites excluding steroid dienone is 3. The van der Waals surface area contributed by atoms with E-state index in [1.165, 1.54) is 33.8 Å². The van der Waals surface area contributed by atoms with Gasteiger partial charge in [0.2, 0.25) is 0 Å². The van der Waals surface area contributed by atoms with E-state index < -0.39 is 41.5 Å². The summed E-state index contributed by atoms with van der Waals surface area (Å²) in [5, 5.41) is 28.0. The minimum Gasteiger partial charge on any atom is -0.496 e. The Balaban J connectivity index is 0.883. The number of nitrogens with zero attached hydrogens (tertiary/aromatic N) is 8. The first-order valence-electron chi connectivity index (χ1n) is 23.6. The number of carboxylic acid groups (broad SMARTS) is 1. The SMILES string of the molecule is COc1ccccc1C(=O)NCc1ccc(-c2nn([C@H]3C=C[C@H](C(C(=O)O)[C@]4(OC(C)=O)C=C[C@H](n5nc(-c6ccc(CNC(=O)c7ccccc7OC)cc6)c6c(N)ncnc65)C4)C3)c3ncnc(N)c23)cc1. The average molecular weight is 995 g/mol. The number of para-hydroxylation sites is 2. The fourth-order valence-electron chi connectivity index (χ4n) is 10.1. The lowest BCUT2D eigenvalue weighted by atomic mass is 9.76. The molecule has 0 saturated carbocycles. The van der Waals surface area contributed by atoms with Crippen LogP contribution in [0.15, 0.2) is 134 Å². The molecule has 4 aromatic carbocycles. The zero-order valence-corrected chi connectivity index (χ0v) is 40.4. The minimum atomic E-state index is -1.61. The molecule has 0 spiro atoms. The van der Waals surface area contributed by atoms with Crippen molar-refractivity contribution in [2.24, 2.45) is 11.8 Å². The number of anilines is 2. The molecule has 4 aromatic heterocycles. The second-order valence-electron chi connectivity index (χ2n) is 18.0. The van der Waals surface area contributed by atoms with Crippen molar-refractivity contribution >= 4 is 57.5 Å². The molecule has 0 fully saturated rings. The van der Waals surface area contributed by atoms with Crippen molar-refractivity contribution in [1.82, 2.24) is 50.1 Å². The molecule has 5 atom stereocenters. The summed E-state index contributed by atoms with van der Waals surface area (Å²) in [6.45, 7) is 1.76. The molecule has 20 heteroatoms. The highest BCUT2D eigenvalue weighted by Gasteiger charge is 2.53. The Bertz CT molecular complexity index is 3540. The molecule has 20 nitrogen and oxygen atoms in total. The predicted octanol–water partition coefficient (Wildman–Crippen LogP) is 6.66. The number of esters is 1. The number of methoxy groups -OCH3 is 2. The summed E-state index contributed by atoms with van der Waals surface area (Å²) in [4.78, 5) is 70.3. The minimum absolute atomic E-state index is 0.0161. The van der Waals surface area contributed by atoms with Gasteiger partial charge in [0.1, 0.15) is 58.7 Å². The Kier molecular flexibility index (Phi) is 13.0.